The van der Waals surface area contributed by atoms with Crippen LogP contribution in [0.1, 0.15) is 5.56 Å². The summed E-state index contributed by atoms with van der Waals surface area (Å²) in [4.78, 5) is 41.8. The van der Waals surface area contributed by atoms with Gasteiger partial charge in [-0.15, -0.1) is 11.8 Å². The number of nitrogens with zero attached hydrogens (tertiary/aromatic N) is 2. The molecule has 33 heavy (non-hydrogen) atoms. The number of benzene rings is 2. The lowest BCUT2D eigenvalue weighted by atomic mass is 10.2. The molecule has 1 amide bonds. The normalized spacial score (nSPS) is 10.9. The van der Waals surface area contributed by atoms with Crippen LogP contribution in [0.25, 0.3) is 0 Å². The molecule has 0 fully saturated rings. The molecule has 174 valence electrons. The van der Waals surface area contributed by atoms with Crippen molar-refractivity contribution in [3.8, 4) is 0 Å². The number of methoxy groups -OCH3 is 1. The van der Waals surface area contributed by atoms with E-state index in [4.69, 9.17) is 10.5 Å². The fourth-order valence-corrected chi connectivity index (χ4v) is 3.89. The minimum Gasteiger partial charge on any atom is -0.383 e. The molecule has 1 heterocycles. The predicted octanol–water partition coefficient (Wildman–Crippen LogP) is 2.22. The van der Waals surface area contributed by atoms with Gasteiger partial charge in [-0.2, -0.15) is 0 Å². The minimum atomic E-state index is -1.03. The summed E-state index contributed by atoms with van der Waals surface area (Å²) in [5, 5.41) is 0. The van der Waals surface area contributed by atoms with Crippen molar-refractivity contribution in [3.63, 3.8) is 0 Å². The largest absolute Gasteiger partial charge is 0.383 e. The van der Waals surface area contributed by atoms with Crippen molar-refractivity contribution in [1.82, 2.24) is 9.55 Å². The second-order valence-corrected chi connectivity index (χ2v) is 8.02. The Balaban J connectivity index is 1.92. The van der Waals surface area contributed by atoms with E-state index in [1.807, 2.05) is 6.07 Å². The smallest absolute Gasteiger partial charge is 0.330 e. The van der Waals surface area contributed by atoms with Crippen LogP contribution in [0.15, 0.2) is 63.0 Å². The molecule has 0 radical (unpaired) electrons. The van der Waals surface area contributed by atoms with Crippen molar-refractivity contribution >= 4 is 29.2 Å². The number of rotatable bonds is 9. The van der Waals surface area contributed by atoms with Gasteiger partial charge in [0.25, 0.3) is 5.56 Å². The monoisotopic (exact) mass is 476 g/mol. The Morgan fingerprint density at radius 2 is 1.88 bits per heavy atom. The molecule has 3 rings (SSSR count). The molecule has 0 saturated carbocycles. The molecule has 0 atom stereocenters. The van der Waals surface area contributed by atoms with E-state index in [1.165, 1.54) is 17.7 Å². The highest BCUT2D eigenvalue weighted by atomic mass is 32.2. The van der Waals surface area contributed by atoms with Crippen LogP contribution in [0.4, 0.5) is 20.3 Å². The molecule has 0 saturated heterocycles. The minimum absolute atomic E-state index is 0.00943. The van der Waals surface area contributed by atoms with Gasteiger partial charge in [-0.25, -0.2) is 13.6 Å². The molecule has 0 spiro atoms. The molecule has 0 aliphatic heterocycles. The van der Waals surface area contributed by atoms with Gasteiger partial charge < -0.3 is 15.4 Å². The number of aromatic amines is 1. The SMILES string of the molecule is COCCN(C(=O)CSc1ccc(F)c(F)c1)c1c(N)n(Cc2ccccc2)c(=O)[nH]c1=O. The summed E-state index contributed by atoms with van der Waals surface area (Å²) in [6.07, 6.45) is 0. The molecule has 1 aromatic heterocycles. The Bertz CT molecular complexity index is 1250. The molecule has 0 aliphatic carbocycles. The number of nitrogens with two attached hydrogens (primary N) is 1. The van der Waals surface area contributed by atoms with Crippen LogP contribution in [-0.4, -0.2) is 41.5 Å². The van der Waals surface area contributed by atoms with E-state index in [9.17, 15) is 23.2 Å². The molecule has 11 heteroatoms. The lowest BCUT2D eigenvalue weighted by Gasteiger charge is -2.24. The summed E-state index contributed by atoms with van der Waals surface area (Å²) in [6, 6.07) is 12.3. The summed E-state index contributed by atoms with van der Waals surface area (Å²) in [7, 11) is 1.43. The van der Waals surface area contributed by atoms with E-state index < -0.39 is 28.8 Å². The van der Waals surface area contributed by atoms with Gasteiger partial charge >= 0.3 is 5.69 Å². The third-order valence-corrected chi connectivity index (χ3v) is 5.72. The molecule has 3 aromatic rings. The summed E-state index contributed by atoms with van der Waals surface area (Å²) in [5.41, 5.74) is 5.26. The number of nitrogen functional groups attached to an aromatic ring is 1. The van der Waals surface area contributed by atoms with Crippen molar-refractivity contribution in [2.45, 2.75) is 11.4 Å². The van der Waals surface area contributed by atoms with Crippen LogP contribution < -0.4 is 21.9 Å². The maximum Gasteiger partial charge on any atom is 0.330 e. The highest BCUT2D eigenvalue weighted by Gasteiger charge is 2.24. The summed E-state index contributed by atoms with van der Waals surface area (Å²) in [6.45, 7) is 0.175. The van der Waals surface area contributed by atoms with E-state index in [0.29, 0.717) is 4.90 Å². The van der Waals surface area contributed by atoms with Gasteiger partial charge in [0.05, 0.1) is 18.9 Å². The first-order valence-corrected chi connectivity index (χ1v) is 10.8. The number of hydrogen-bond donors (Lipinski definition) is 2. The van der Waals surface area contributed by atoms with E-state index in [-0.39, 0.29) is 37.0 Å². The zero-order chi connectivity index (χ0) is 24.0. The topological polar surface area (TPSA) is 110 Å². The van der Waals surface area contributed by atoms with Gasteiger partial charge in [-0.3, -0.25) is 19.1 Å². The van der Waals surface area contributed by atoms with Gasteiger partial charge in [-0.1, -0.05) is 30.3 Å². The number of H-pyrrole nitrogens is 1. The van der Waals surface area contributed by atoms with Crippen molar-refractivity contribution in [1.29, 1.82) is 0 Å². The van der Waals surface area contributed by atoms with Crippen LogP contribution in [0.5, 0.6) is 0 Å². The number of hydrogen-bond acceptors (Lipinski definition) is 6. The number of halogens is 2. The summed E-state index contributed by atoms with van der Waals surface area (Å²) >= 11 is 0.969. The van der Waals surface area contributed by atoms with E-state index >= 15 is 0 Å². The zero-order valence-electron chi connectivity index (χ0n) is 17.7. The number of carbonyl (C=O) groups excluding carboxylic acids is 1. The first-order valence-electron chi connectivity index (χ1n) is 9.85. The lowest BCUT2D eigenvalue weighted by Crippen LogP contribution is -2.43. The first-order chi connectivity index (χ1) is 15.8. The van der Waals surface area contributed by atoms with Crippen LogP contribution in [-0.2, 0) is 16.1 Å². The number of carbonyl (C=O) groups is 1. The summed E-state index contributed by atoms with van der Waals surface area (Å²) in [5.74, 6) is -2.91. The Hall–Kier alpha value is -3.44. The third-order valence-electron chi connectivity index (χ3n) is 4.74. The Kier molecular flexibility index (Phi) is 8.01. The predicted molar refractivity (Wildman–Crippen MR) is 123 cm³/mol. The van der Waals surface area contributed by atoms with E-state index in [0.717, 1.165) is 34.4 Å². The molecule has 2 aromatic carbocycles. The number of ether oxygens (including phenoxy) is 1. The molecule has 0 unspecified atom stereocenters. The average molecular weight is 477 g/mol. The first kappa shape index (κ1) is 24.2. The van der Waals surface area contributed by atoms with Crippen molar-refractivity contribution in [2.75, 3.05) is 36.6 Å². The van der Waals surface area contributed by atoms with E-state index in [2.05, 4.69) is 4.98 Å². The fourth-order valence-electron chi connectivity index (χ4n) is 3.09. The summed E-state index contributed by atoms with van der Waals surface area (Å²) < 4.78 is 32.8. The number of anilines is 2. The van der Waals surface area contributed by atoms with Gasteiger partial charge in [0.1, 0.15) is 5.82 Å². The highest BCUT2D eigenvalue weighted by Crippen LogP contribution is 2.23. The maximum absolute atomic E-state index is 13.5. The highest BCUT2D eigenvalue weighted by molar-refractivity contribution is 8.00. The molecule has 0 aliphatic rings. The third kappa shape index (κ3) is 5.88. The van der Waals surface area contributed by atoms with Gasteiger partial charge in [-0.05, 0) is 23.8 Å². The van der Waals surface area contributed by atoms with Gasteiger partial charge in [0.2, 0.25) is 5.91 Å². The molecule has 8 nitrogen and oxygen atoms in total. The Morgan fingerprint density at radius 1 is 1.15 bits per heavy atom. The number of amides is 1. The van der Waals surface area contributed by atoms with Gasteiger partial charge in [0, 0.05) is 18.6 Å². The van der Waals surface area contributed by atoms with Crippen molar-refractivity contribution in [3.05, 3.63) is 86.6 Å². The second kappa shape index (κ2) is 10.9. The van der Waals surface area contributed by atoms with Crippen LogP contribution in [0.2, 0.25) is 0 Å². The van der Waals surface area contributed by atoms with Crippen molar-refractivity contribution in [2.24, 2.45) is 0 Å². The quantitative estimate of drug-likeness (QED) is 0.458. The van der Waals surface area contributed by atoms with Crippen LogP contribution >= 0.6 is 11.8 Å². The number of aromatic nitrogens is 2. The maximum atomic E-state index is 13.5. The van der Waals surface area contributed by atoms with Crippen LogP contribution in [0, 0.1) is 11.6 Å². The fraction of sp³-hybridized carbons (Fsp3) is 0.227. The molecule has 0 bridgehead atoms. The second-order valence-electron chi connectivity index (χ2n) is 6.97. The Morgan fingerprint density at radius 3 is 2.55 bits per heavy atom. The number of nitrogens with one attached hydrogen (secondary N) is 1. The average Bonchev–Trinajstić information content (AvgIpc) is 2.80. The number of thioether (sulfide) groups is 1. The molecular weight excluding hydrogens is 454 g/mol. The molecular formula is C22H22F2N4O4S. The molecule has 3 N–H and O–H groups in total. The zero-order valence-corrected chi connectivity index (χ0v) is 18.5. The standard InChI is InChI=1S/C22H22F2N4O4S/c1-32-10-9-27(18(29)13-33-15-7-8-16(23)17(24)11-15)19-20(25)28(22(31)26-21(19)30)12-14-5-3-2-4-6-14/h2-8,11H,9-10,12-13,25H2,1H3,(H,26,30,31). The lowest BCUT2D eigenvalue weighted by molar-refractivity contribution is -0.116. The Labute approximate surface area is 192 Å². The van der Waals surface area contributed by atoms with Gasteiger partial charge in [0.15, 0.2) is 17.3 Å². The van der Waals surface area contributed by atoms with Crippen molar-refractivity contribution < 1.29 is 18.3 Å². The van der Waals surface area contributed by atoms with Crippen LogP contribution in [0.3, 0.4) is 0 Å². The van der Waals surface area contributed by atoms with E-state index in [1.54, 1.807) is 24.3 Å².